The van der Waals surface area contributed by atoms with Crippen molar-refractivity contribution in [3.63, 3.8) is 0 Å². The molecule has 0 radical (unpaired) electrons. The molecule has 23 heavy (non-hydrogen) atoms. The standard InChI is InChI=1S/C18H22N2O3/c1-5-20-11(2)9-16(13(20)4)17(21)19-15-8-6-7-14(10-15)12(3)18(22)23/h6-10,12H,5H2,1-4H3,(H,19,21)(H,22,23). The highest BCUT2D eigenvalue weighted by Gasteiger charge is 2.17. The fourth-order valence-electron chi connectivity index (χ4n) is 2.74. The Balaban J connectivity index is 2.24. The highest BCUT2D eigenvalue weighted by molar-refractivity contribution is 6.05. The minimum atomic E-state index is -0.889. The predicted molar refractivity (Wildman–Crippen MR) is 90.0 cm³/mol. The van der Waals surface area contributed by atoms with Gasteiger partial charge in [0.2, 0.25) is 0 Å². The first kappa shape index (κ1) is 16.8. The summed E-state index contributed by atoms with van der Waals surface area (Å²) in [5.74, 6) is -1.69. The van der Waals surface area contributed by atoms with E-state index in [0.717, 1.165) is 17.9 Å². The van der Waals surface area contributed by atoms with E-state index >= 15 is 0 Å². The van der Waals surface area contributed by atoms with Crippen molar-refractivity contribution in [2.75, 3.05) is 5.32 Å². The van der Waals surface area contributed by atoms with Crippen LogP contribution in [0.25, 0.3) is 0 Å². The minimum Gasteiger partial charge on any atom is -0.481 e. The molecule has 0 spiro atoms. The summed E-state index contributed by atoms with van der Waals surface area (Å²) in [6.45, 7) is 8.38. The molecule has 1 amide bonds. The highest BCUT2D eigenvalue weighted by Crippen LogP contribution is 2.21. The molecule has 0 aliphatic carbocycles. The Morgan fingerprint density at radius 2 is 1.96 bits per heavy atom. The normalized spacial score (nSPS) is 12.0. The third-order valence-corrected chi connectivity index (χ3v) is 4.15. The summed E-state index contributed by atoms with van der Waals surface area (Å²) < 4.78 is 2.08. The lowest BCUT2D eigenvalue weighted by Crippen LogP contribution is -2.14. The second-order valence-electron chi connectivity index (χ2n) is 5.67. The Morgan fingerprint density at radius 3 is 2.52 bits per heavy atom. The molecule has 1 heterocycles. The van der Waals surface area contributed by atoms with Crippen LogP contribution in [0, 0.1) is 13.8 Å². The molecule has 2 rings (SSSR count). The van der Waals surface area contributed by atoms with Gasteiger partial charge >= 0.3 is 5.97 Å². The maximum Gasteiger partial charge on any atom is 0.310 e. The first-order valence-corrected chi connectivity index (χ1v) is 7.66. The van der Waals surface area contributed by atoms with E-state index in [2.05, 4.69) is 9.88 Å². The number of rotatable bonds is 5. The van der Waals surface area contributed by atoms with Crippen LogP contribution in [0.3, 0.4) is 0 Å². The Hall–Kier alpha value is -2.56. The number of carbonyl (C=O) groups excluding carboxylic acids is 1. The molecule has 1 atom stereocenters. The van der Waals surface area contributed by atoms with Crippen molar-refractivity contribution in [3.8, 4) is 0 Å². The van der Waals surface area contributed by atoms with Gasteiger partial charge < -0.3 is 15.0 Å². The fourth-order valence-corrected chi connectivity index (χ4v) is 2.74. The van der Waals surface area contributed by atoms with Gasteiger partial charge in [-0.1, -0.05) is 12.1 Å². The lowest BCUT2D eigenvalue weighted by Gasteiger charge is -2.10. The van der Waals surface area contributed by atoms with Crippen molar-refractivity contribution in [1.29, 1.82) is 0 Å². The van der Waals surface area contributed by atoms with E-state index in [-0.39, 0.29) is 5.91 Å². The van der Waals surface area contributed by atoms with Crippen LogP contribution >= 0.6 is 0 Å². The van der Waals surface area contributed by atoms with Crippen LogP contribution in [0.15, 0.2) is 30.3 Å². The van der Waals surface area contributed by atoms with Crippen molar-refractivity contribution >= 4 is 17.6 Å². The zero-order valence-electron chi connectivity index (χ0n) is 13.9. The van der Waals surface area contributed by atoms with Crippen LogP contribution in [0.2, 0.25) is 0 Å². The Bertz CT molecular complexity index is 747. The molecule has 0 saturated heterocycles. The van der Waals surface area contributed by atoms with Crippen molar-refractivity contribution in [2.24, 2.45) is 0 Å². The number of hydrogen-bond donors (Lipinski definition) is 2. The van der Waals surface area contributed by atoms with E-state index < -0.39 is 11.9 Å². The van der Waals surface area contributed by atoms with Crippen LogP contribution in [-0.2, 0) is 11.3 Å². The summed E-state index contributed by atoms with van der Waals surface area (Å²) in [6.07, 6.45) is 0. The van der Waals surface area contributed by atoms with E-state index in [0.29, 0.717) is 16.8 Å². The Kier molecular flexibility index (Phi) is 4.89. The number of carboxylic acids is 1. The molecular weight excluding hydrogens is 292 g/mol. The summed E-state index contributed by atoms with van der Waals surface area (Å²) in [4.78, 5) is 23.6. The monoisotopic (exact) mass is 314 g/mol. The number of hydrogen-bond acceptors (Lipinski definition) is 2. The maximum absolute atomic E-state index is 12.5. The largest absolute Gasteiger partial charge is 0.481 e. The number of aromatic nitrogens is 1. The quantitative estimate of drug-likeness (QED) is 0.886. The van der Waals surface area contributed by atoms with E-state index in [9.17, 15) is 9.59 Å². The first-order valence-electron chi connectivity index (χ1n) is 7.66. The fraction of sp³-hybridized carbons (Fsp3) is 0.333. The van der Waals surface area contributed by atoms with Gasteiger partial charge in [0.25, 0.3) is 5.91 Å². The van der Waals surface area contributed by atoms with Crippen molar-refractivity contribution in [2.45, 2.75) is 40.2 Å². The smallest absolute Gasteiger partial charge is 0.310 e. The third kappa shape index (κ3) is 3.44. The van der Waals surface area contributed by atoms with Gasteiger partial charge in [-0.2, -0.15) is 0 Å². The highest BCUT2D eigenvalue weighted by atomic mass is 16.4. The van der Waals surface area contributed by atoms with Crippen LogP contribution in [0.5, 0.6) is 0 Å². The van der Waals surface area contributed by atoms with E-state index in [1.54, 1.807) is 31.2 Å². The number of carbonyl (C=O) groups is 2. The van der Waals surface area contributed by atoms with E-state index in [1.807, 2.05) is 26.8 Å². The number of benzene rings is 1. The molecular formula is C18H22N2O3. The average Bonchev–Trinajstić information content (AvgIpc) is 2.81. The Morgan fingerprint density at radius 1 is 1.26 bits per heavy atom. The van der Waals surface area contributed by atoms with Gasteiger partial charge in [0.1, 0.15) is 0 Å². The summed E-state index contributed by atoms with van der Waals surface area (Å²) >= 11 is 0. The minimum absolute atomic E-state index is 0.182. The summed E-state index contributed by atoms with van der Waals surface area (Å²) in [5.41, 5.74) is 3.87. The molecule has 0 aliphatic heterocycles. The first-order chi connectivity index (χ1) is 10.8. The summed E-state index contributed by atoms with van der Waals surface area (Å²) in [7, 11) is 0. The second-order valence-corrected chi connectivity index (χ2v) is 5.67. The van der Waals surface area contributed by atoms with Gasteiger partial charge in [0, 0.05) is 23.6 Å². The average molecular weight is 314 g/mol. The molecule has 0 saturated carbocycles. The van der Waals surface area contributed by atoms with Crippen molar-refractivity contribution in [3.05, 3.63) is 52.8 Å². The Labute approximate surface area is 135 Å². The number of amides is 1. The van der Waals surface area contributed by atoms with Gasteiger partial charge in [-0.25, -0.2) is 0 Å². The molecule has 5 nitrogen and oxygen atoms in total. The molecule has 0 bridgehead atoms. The molecule has 0 fully saturated rings. The van der Waals surface area contributed by atoms with Gasteiger partial charge in [0.15, 0.2) is 0 Å². The van der Waals surface area contributed by atoms with E-state index in [4.69, 9.17) is 5.11 Å². The topological polar surface area (TPSA) is 71.3 Å². The molecule has 1 aromatic carbocycles. The molecule has 5 heteroatoms. The molecule has 2 N–H and O–H groups in total. The number of aliphatic carboxylic acids is 1. The van der Waals surface area contributed by atoms with Crippen LogP contribution in [0.4, 0.5) is 5.69 Å². The molecule has 1 unspecified atom stereocenters. The molecule has 1 aromatic heterocycles. The number of nitrogens with one attached hydrogen (secondary N) is 1. The van der Waals surface area contributed by atoms with Gasteiger partial charge in [-0.05, 0) is 51.5 Å². The van der Waals surface area contributed by atoms with Gasteiger partial charge in [0.05, 0.1) is 11.5 Å². The number of nitrogens with zero attached hydrogens (tertiary/aromatic N) is 1. The number of aryl methyl sites for hydroxylation is 1. The van der Waals surface area contributed by atoms with E-state index in [1.165, 1.54) is 0 Å². The zero-order chi connectivity index (χ0) is 17.1. The number of anilines is 1. The molecule has 0 aliphatic rings. The molecule has 122 valence electrons. The van der Waals surface area contributed by atoms with Gasteiger partial charge in [-0.15, -0.1) is 0 Å². The summed E-state index contributed by atoms with van der Waals surface area (Å²) in [6, 6.07) is 8.83. The number of carboxylic acid groups (broad SMARTS) is 1. The SMILES string of the molecule is CCn1c(C)cc(C(=O)Nc2cccc(C(C)C(=O)O)c2)c1C. The van der Waals surface area contributed by atoms with Crippen LogP contribution in [0.1, 0.15) is 47.1 Å². The zero-order valence-corrected chi connectivity index (χ0v) is 13.9. The van der Waals surface area contributed by atoms with Crippen molar-refractivity contribution in [1.82, 2.24) is 4.57 Å². The van der Waals surface area contributed by atoms with Gasteiger partial charge in [-0.3, -0.25) is 9.59 Å². The van der Waals surface area contributed by atoms with Crippen molar-refractivity contribution < 1.29 is 14.7 Å². The predicted octanol–water partition coefficient (Wildman–Crippen LogP) is 3.57. The van der Waals surface area contributed by atoms with Crippen LogP contribution < -0.4 is 5.32 Å². The lowest BCUT2D eigenvalue weighted by molar-refractivity contribution is -0.138. The third-order valence-electron chi connectivity index (χ3n) is 4.15. The van der Waals surface area contributed by atoms with Crippen LogP contribution in [-0.4, -0.2) is 21.6 Å². The summed E-state index contributed by atoms with van der Waals surface area (Å²) in [5, 5.41) is 11.9. The lowest BCUT2D eigenvalue weighted by atomic mass is 10.0. The second kappa shape index (κ2) is 6.69. The maximum atomic E-state index is 12.5. The molecule has 2 aromatic rings.